The van der Waals surface area contributed by atoms with Crippen molar-refractivity contribution in [2.75, 3.05) is 0 Å². The summed E-state index contributed by atoms with van der Waals surface area (Å²) in [5.41, 5.74) is 6.77. The molecule has 1 atom stereocenters. The number of alkyl halides is 3. The van der Waals surface area contributed by atoms with Crippen molar-refractivity contribution >= 4 is 0 Å². The average molecular weight is 269 g/mol. The van der Waals surface area contributed by atoms with Gasteiger partial charge in [-0.15, -0.1) is 0 Å². The first-order valence-electron chi connectivity index (χ1n) is 5.76. The SMILES string of the molecule is CC(N)c1cc(-c2cccc(C(F)(F)F)c2)n(C)n1. The largest absolute Gasteiger partial charge is 0.416 e. The van der Waals surface area contributed by atoms with Crippen LogP contribution in [0.1, 0.15) is 24.2 Å². The standard InChI is InChI=1S/C13H14F3N3/c1-8(17)11-7-12(19(2)18-11)9-4-3-5-10(6-9)13(14,15)16/h3-8H,17H2,1-2H3. The van der Waals surface area contributed by atoms with Crippen LogP contribution in [0.2, 0.25) is 0 Å². The molecule has 3 nitrogen and oxygen atoms in total. The van der Waals surface area contributed by atoms with Gasteiger partial charge < -0.3 is 5.73 Å². The molecule has 0 radical (unpaired) electrons. The molecule has 102 valence electrons. The minimum atomic E-state index is -4.35. The van der Waals surface area contributed by atoms with Crippen LogP contribution in [0.5, 0.6) is 0 Å². The second kappa shape index (κ2) is 4.70. The van der Waals surface area contributed by atoms with Gasteiger partial charge in [0.05, 0.1) is 17.0 Å². The number of nitrogens with zero attached hydrogens (tertiary/aromatic N) is 2. The van der Waals surface area contributed by atoms with E-state index in [1.54, 1.807) is 26.1 Å². The Balaban J connectivity index is 2.48. The first-order valence-corrected chi connectivity index (χ1v) is 5.76. The van der Waals surface area contributed by atoms with Gasteiger partial charge in [0.2, 0.25) is 0 Å². The fourth-order valence-corrected chi connectivity index (χ4v) is 1.84. The molecule has 1 aromatic heterocycles. The Morgan fingerprint density at radius 2 is 1.95 bits per heavy atom. The lowest BCUT2D eigenvalue weighted by atomic mass is 10.1. The van der Waals surface area contributed by atoms with Crippen LogP contribution in [0.15, 0.2) is 30.3 Å². The summed E-state index contributed by atoms with van der Waals surface area (Å²) in [6.45, 7) is 1.78. The van der Waals surface area contributed by atoms with E-state index >= 15 is 0 Å². The van der Waals surface area contributed by atoms with Gasteiger partial charge in [-0.1, -0.05) is 12.1 Å². The number of rotatable bonds is 2. The van der Waals surface area contributed by atoms with Gasteiger partial charge in [0.1, 0.15) is 0 Å². The van der Waals surface area contributed by atoms with E-state index < -0.39 is 11.7 Å². The summed E-state index contributed by atoms with van der Waals surface area (Å²) >= 11 is 0. The molecule has 0 fully saturated rings. The first kappa shape index (κ1) is 13.6. The fourth-order valence-electron chi connectivity index (χ4n) is 1.84. The van der Waals surface area contributed by atoms with Gasteiger partial charge in [-0.3, -0.25) is 4.68 Å². The quantitative estimate of drug-likeness (QED) is 0.910. The number of aromatic nitrogens is 2. The molecule has 0 aliphatic rings. The van der Waals surface area contributed by atoms with Crippen molar-refractivity contribution in [2.45, 2.75) is 19.1 Å². The summed E-state index contributed by atoms with van der Waals surface area (Å²) in [5, 5.41) is 4.19. The topological polar surface area (TPSA) is 43.8 Å². The smallest absolute Gasteiger partial charge is 0.323 e. The maximum atomic E-state index is 12.7. The molecule has 0 saturated heterocycles. The molecule has 0 bridgehead atoms. The van der Waals surface area contributed by atoms with E-state index in [4.69, 9.17) is 5.73 Å². The summed E-state index contributed by atoms with van der Waals surface area (Å²) < 4.78 is 39.6. The van der Waals surface area contributed by atoms with E-state index in [1.165, 1.54) is 10.7 Å². The summed E-state index contributed by atoms with van der Waals surface area (Å²) in [6, 6.07) is 6.62. The number of aryl methyl sites for hydroxylation is 1. The predicted molar refractivity (Wildman–Crippen MR) is 66.2 cm³/mol. The number of nitrogens with two attached hydrogens (primary N) is 1. The van der Waals surface area contributed by atoms with Crippen molar-refractivity contribution in [3.8, 4) is 11.3 Å². The number of hydrogen-bond acceptors (Lipinski definition) is 2. The third-order valence-electron chi connectivity index (χ3n) is 2.85. The lowest BCUT2D eigenvalue weighted by Gasteiger charge is -2.08. The Hall–Kier alpha value is -1.82. The Kier molecular flexibility index (Phi) is 3.36. The van der Waals surface area contributed by atoms with Crippen LogP contribution in [-0.2, 0) is 13.2 Å². The lowest BCUT2D eigenvalue weighted by molar-refractivity contribution is -0.137. The minimum absolute atomic E-state index is 0.259. The minimum Gasteiger partial charge on any atom is -0.323 e. The Labute approximate surface area is 108 Å². The molecule has 0 spiro atoms. The van der Waals surface area contributed by atoms with Crippen LogP contribution in [0.4, 0.5) is 13.2 Å². The van der Waals surface area contributed by atoms with E-state index in [-0.39, 0.29) is 6.04 Å². The maximum absolute atomic E-state index is 12.7. The monoisotopic (exact) mass is 269 g/mol. The summed E-state index contributed by atoms with van der Waals surface area (Å²) in [6.07, 6.45) is -4.35. The summed E-state index contributed by atoms with van der Waals surface area (Å²) in [5.74, 6) is 0. The Morgan fingerprint density at radius 3 is 2.47 bits per heavy atom. The molecule has 2 rings (SSSR count). The van der Waals surface area contributed by atoms with Gasteiger partial charge in [0.15, 0.2) is 0 Å². The van der Waals surface area contributed by atoms with E-state index in [1.807, 2.05) is 0 Å². The van der Waals surface area contributed by atoms with Crippen molar-refractivity contribution in [1.29, 1.82) is 0 Å². The zero-order valence-corrected chi connectivity index (χ0v) is 10.6. The maximum Gasteiger partial charge on any atom is 0.416 e. The van der Waals surface area contributed by atoms with Crippen molar-refractivity contribution in [1.82, 2.24) is 9.78 Å². The molecule has 1 aromatic carbocycles. The fraction of sp³-hybridized carbons (Fsp3) is 0.308. The Morgan fingerprint density at radius 1 is 1.26 bits per heavy atom. The molecule has 0 amide bonds. The molecule has 2 aromatic rings. The van der Waals surface area contributed by atoms with Gasteiger partial charge >= 0.3 is 6.18 Å². The normalized spacial score (nSPS) is 13.6. The average Bonchev–Trinajstić information content (AvgIpc) is 2.71. The molecule has 0 aliphatic heterocycles. The first-order chi connectivity index (χ1) is 8.79. The van der Waals surface area contributed by atoms with Crippen LogP contribution >= 0.6 is 0 Å². The zero-order valence-electron chi connectivity index (χ0n) is 10.6. The van der Waals surface area contributed by atoms with Crippen LogP contribution in [0.25, 0.3) is 11.3 Å². The third-order valence-corrected chi connectivity index (χ3v) is 2.85. The number of benzene rings is 1. The highest BCUT2D eigenvalue weighted by atomic mass is 19.4. The lowest BCUT2D eigenvalue weighted by Crippen LogP contribution is -2.06. The summed E-state index contributed by atoms with van der Waals surface area (Å²) in [7, 11) is 1.68. The van der Waals surface area contributed by atoms with E-state index in [0.29, 0.717) is 17.0 Å². The molecule has 19 heavy (non-hydrogen) atoms. The van der Waals surface area contributed by atoms with Crippen LogP contribution < -0.4 is 5.73 Å². The van der Waals surface area contributed by atoms with Crippen LogP contribution in [0, 0.1) is 0 Å². The van der Waals surface area contributed by atoms with E-state index in [9.17, 15) is 13.2 Å². The van der Waals surface area contributed by atoms with Crippen molar-refractivity contribution < 1.29 is 13.2 Å². The van der Waals surface area contributed by atoms with Gasteiger partial charge in [-0.05, 0) is 25.1 Å². The zero-order chi connectivity index (χ0) is 14.2. The van der Waals surface area contributed by atoms with Gasteiger partial charge in [-0.25, -0.2) is 0 Å². The highest BCUT2D eigenvalue weighted by Gasteiger charge is 2.30. The van der Waals surface area contributed by atoms with Crippen molar-refractivity contribution in [3.63, 3.8) is 0 Å². The highest BCUT2D eigenvalue weighted by molar-refractivity contribution is 5.61. The molecular formula is C13H14F3N3. The molecular weight excluding hydrogens is 255 g/mol. The summed E-state index contributed by atoms with van der Waals surface area (Å²) in [4.78, 5) is 0. The Bertz CT molecular complexity index is 585. The molecule has 2 N–H and O–H groups in total. The van der Waals surface area contributed by atoms with Gasteiger partial charge in [-0.2, -0.15) is 18.3 Å². The van der Waals surface area contributed by atoms with E-state index in [2.05, 4.69) is 5.10 Å². The molecule has 0 aliphatic carbocycles. The third kappa shape index (κ3) is 2.78. The molecule has 6 heteroatoms. The second-order valence-corrected chi connectivity index (χ2v) is 4.45. The molecule has 1 unspecified atom stereocenters. The van der Waals surface area contributed by atoms with Gasteiger partial charge in [0.25, 0.3) is 0 Å². The predicted octanol–water partition coefficient (Wildman–Crippen LogP) is 3.13. The van der Waals surface area contributed by atoms with Crippen molar-refractivity contribution in [2.24, 2.45) is 12.8 Å². The molecule has 0 saturated carbocycles. The van der Waals surface area contributed by atoms with E-state index in [0.717, 1.165) is 12.1 Å². The highest BCUT2D eigenvalue weighted by Crippen LogP contribution is 2.32. The number of halogens is 3. The molecule has 1 heterocycles. The van der Waals surface area contributed by atoms with Crippen LogP contribution in [0.3, 0.4) is 0 Å². The van der Waals surface area contributed by atoms with Crippen molar-refractivity contribution in [3.05, 3.63) is 41.6 Å². The number of hydrogen-bond donors (Lipinski definition) is 1. The van der Waals surface area contributed by atoms with Gasteiger partial charge in [0, 0.05) is 18.7 Å². The second-order valence-electron chi connectivity index (χ2n) is 4.45. The van der Waals surface area contributed by atoms with Crippen LogP contribution in [-0.4, -0.2) is 9.78 Å².